The highest BCUT2D eigenvalue weighted by molar-refractivity contribution is 7.15. The molecular weight excluding hydrogens is 440 g/mol. The smallest absolute Gasteiger partial charge is 0.181 e. The van der Waals surface area contributed by atoms with Crippen LogP contribution >= 0.6 is 11.3 Å². The molecule has 3 N–H and O–H groups in total. The van der Waals surface area contributed by atoms with Crippen LogP contribution < -0.4 is 5.32 Å². The van der Waals surface area contributed by atoms with Gasteiger partial charge in [-0.3, -0.25) is 10.1 Å². The molecule has 0 saturated heterocycles. The Balaban J connectivity index is 1.44. The minimum atomic E-state index is 0.697. The summed E-state index contributed by atoms with van der Waals surface area (Å²) >= 11 is 1.82. The number of aromatic nitrogens is 5. The van der Waals surface area contributed by atoms with Crippen molar-refractivity contribution in [2.24, 2.45) is 0 Å². The summed E-state index contributed by atoms with van der Waals surface area (Å²) < 4.78 is 0. The highest BCUT2D eigenvalue weighted by Crippen LogP contribution is 2.37. The van der Waals surface area contributed by atoms with Crippen molar-refractivity contribution in [3.63, 3.8) is 0 Å². The van der Waals surface area contributed by atoms with Gasteiger partial charge in [0.25, 0.3) is 0 Å². The number of nitrogens with one attached hydrogen (secondary N) is 3. The number of aryl methyl sites for hydroxylation is 1. The highest BCUT2D eigenvalue weighted by Gasteiger charge is 2.15. The summed E-state index contributed by atoms with van der Waals surface area (Å²) in [5.74, 6) is 0. The maximum atomic E-state index is 4.62. The number of benzene rings is 1. The summed E-state index contributed by atoms with van der Waals surface area (Å²) in [7, 11) is 0. The van der Waals surface area contributed by atoms with Crippen LogP contribution in [-0.4, -0.2) is 31.7 Å². The monoisotopic (exact) mass is 464 g/mol. The molecular formula is C27H24N6S. The Morgan fingerprint density at radius 1 is 0.971 bits per heavy atom. The van der Waals surface area contributed by atoms with Crippen molar-refractivity contribution in [2.75, 3.05) is 6.54 Å². The number of H-pyrrole nitrogens is 2. The lowest BCUT2D eigenvalue weighted by Gasteiger charge is -2.05. The molecule has 6 aromatic rings. The summed E-state index contributed by atoms with van der Waals surface area (Å²) in [6, 6.07) is 17.3. The molecule has 1 aromatic carbocycles. The van der Waals surface area contributed by atoms with Gasteiger partial charge in [0.05, 0.1) is 11.4 Å². The molecule has 0 unspecified atom stereocenters. The van der Waals surface area contributed by atoms with Crippen LogP contribution in [0, 0.1) is 6.92 Å². The van der Waals surface area contributed by atoms with Crippen molar-refractivity contribution in [2.45, 2.75) is 20.4 Å². The molecule has 34 heavy (non-hydrogen) atoms. The minimum Gasteiger partial charge on any atom is -0.353 e. The lowest BCUT2D eigenvalue weighted by molar-refractivity contribution is 0.724. The first-order chi connectivity index (χ1) is 16.7. The molecule has 0 amide bonds. The van der Waals surface area contributed by atoms with Crippen molar-refractivity contribution in [3.05, 3.63) is 77.6 Å². The largest absolute Gasteiger partial charge is 0.353 e. The van der Waals surface area contributed by atoms with E-state index in [4.69, 9.17) is 0 Å². The molecule has 0 aliphatic carbocycles. The maximum absolute atomic E-state index is 4.62. The van der Waals surface area contributed by atoms with E-state index in [-0.39, 0.29) is 0 Å². The van der Waals surface area contributed by atoms with E-state index in [1.54, 1.807) is 0 Å². The molecule has 5 aromatic heterocycles. The summed E-state index contributed by atoms with van der Waals surface area (Å²) in [5.41, 5.74) is 8.19. The van der Waals surface area contributed by atoms with Crippen LogP contribution in [0.5, 0.6) is 0 Å². The third-order valence-electron chi connectivity index (χ3n) is 6.06. The van der Waals surface area contributed by atoms with E-state index in [9.17, 15) is 0 Å². The van der Waals surface area contributed by atoms with Crippen molar-refractivity contribution in [3.8, 4) is 33.0 Å². The van der Waals surface area contributed by atoms with E-state index in [2.05, 4.69) is 92.8 Å². The fourth-order valence-electron chi connectivity index (χ4n) is 4.36. The average molecular weight is 465 g/mol. The van der Waals surface area contributed by atoms with Gasteiger partial charge >= 0.3 is 0 Å². The maximum Gasteiger partial charge on any atom is 0.181 e. The van der Waals surface area contributed by atoms with Crippen LogP contribution in [0.2, 0.25) is 0 Å². The standard InChI is InChI=1S/C27H24N6S/c1-3-28-12-17-9-18(14-29-13-17)19-10-22-26(32-33-27(22)30-15-19)24-11-21-20(5-4-6-23(21)31-24)25-8-7-16(2)34-25/h4-11,13-15,28,31H,3,12H2,1-2H3,(H,30,32,33). The number of nitrogens with zero attached hydrogens (tertiary/aromatic N) is 3. The van der Waals surface area contributed by atoms with Gasteiger partial charge in [0.2, 0.25) is 0 Å². The third kappa shape index (κ3) is 3.69. The van der Waals surface area contributed by atoms with E-state index < -0.39 is 0 Å². The van der Waals surface area contributed by atoms with Crippen LogP contribution in [0.4, 0.5) is 0 Å². The van der Waals surface area contributed by atoms with Crippen LogP contribution in [-0.2, 0) is 6.54 Å². The van der Waals surface area contributed by atoms with E-state index in [0.717, 1.165) is 52.1 Å². The molecule has 0 bridgehead atoms. The van der Waals surface area contributed by atoms with Gasteiger partial charge < -0.3 is 10.3 Å². The summed E-state index contributed by atoms with van der Waals surface area (Å²) in [6.07, 6.45) is 5.65. The number of thiophene rings is 1. The zero-order valence-corrected chi connectivity index (χ0v) is 19.8. The second kappa shape index (κ2) is 8.52. The molecule has 6 nitrogen and oxygen atoms in total. The molecule has 168 valence electrons. The topological polar surface area (TPSA) is 82.3 Å². The van der Waals surface area contributed by atoms with Crippen LogP contribution in [0.3, 0.4) is 0 Å². The normalized spacial score (nSPS) is 11.6. The van der Waals surface area contributed by atoms with Gasteiger partial charge in [-0.1, -0.05) is 19.1 Å². The zero-order chi connectivity index (χ0) is 23.1. The predicted octanol–water partition coefficient (Wildman–Crippen LogP) is 6.31. The van der Waals surface area contributed by atoms with Crippen molar-refractivity contribution < 1.29 is 0 Å². The molecule has 0 saturated carbocycles. The van der Waals surface area contributed by atoms with Crippen molar-refractivity contribution in [1.29, 1.82) is 0 Å². The Morgan fingerprint density at radius 2 is 1.88 bits per heavy atom. The van der Waals surface area contributed by atoms with Crippen LogP contribution in [0.15, 0.2) is 67.1 Å². The summed E-state index contributed by atoms with van der Waals surface area (Å²) in [5, 5.41) is 13.2. The molecule has 7 heteroatoms. The van der Waals surface area contributed by atoms with Crippen molar-refractivity contribution in [1.82, 2.24) is 30.5 Å². The van der Waals surface area contributed by atoms with Gasteiger partial charge in [0.1, 0.15) is 0 Å². The molecule has 6 rings (SSSR count). The molecule has 0 atom stereocenters. The number of aromatic amines is 2. The Bertz CT molecular complexity index is 1620. The number of hydrogen-bond donors (Lipinski definition) is 3. The molecule has 0 fully saturated rings. The number of rotatable bonds is 6. The third-order valence-corrected chi connectivity index (χ3v) is 7.09. The van der Waals surface area contributed by atoms with Crippen LogP contribution in [0.1, 0.15) is 17.4 Å². The average Bonchev–Trinajstić information content (AvgIpc) is 3.59. The van der Waals surface area contributed by atoms with Gasteiger partial charge in [0.15, 0.2) is 5.65 Å². The van der Waals surface area contributed by atoms with Crippen molar-refractivity contribution >= 4 is 33.3 Å². The van der Waals surface area contributed by atoms with Gasteiger partial charge in [-0.15, -0.1) is 11.3 Å². The SMILES string of the molecule is CCNCc1cncc(-c2cnc3n[nH]c(-c4cc5c(-c6ccc(C)s6)cccc5[nH]4)c3c2)c1. The zero-order valence-electron chi connectivity index (χ0n) is 19.0. The van der Waals surface area contributed by atoms with Crippen LogP contribution in [0.25, 0.3) is 54.9 Å². The Morgan fingerprint density at radius 3 is 2.74 bits per heavy atom. The number of fused-ring (bicyclic) bond motifs is 2. The first kappa shape index (κ1) is 20.8. The van der Waals surface area contributed by atoms with E-state index in [1.807, 2.05) is 29.9 Å². The second-order valence-corrected chi connectivity index (χ2v) is 9.70. The summed E-state index contributed by atoms with van der Waals surface area (Å²) in [6.45, 7) is 5.97. The molecule has 5 heterocycles. The molecule has 0 spiro atoms. The Labute approximate surface area is 201 Å². The predicted molar refractivity (Wildman–Crippen MR) is 140 cm³/mol. The fraction of sp³-hybridized carbons (Fsp3) is 0.148. The van der Waals surface area contributed by atoms with Gasteiger partial charge in [-0.05, 0) is 55.4 Å². The first-order valence-corrected chi connectivity index (χ1v) is 12.2. The Kier molecular flexibility index (Phi) is 5.20. The number of pyridine rings is 2. The molecule has 0 aliphatic heterocycles. The van der Waals surface area contributed by atoms with Gasteiger partial charge in [-0.25, -0.2) is 4.98 Å². The van der Waals surface area contributed by atoms with E-state index in [1.165, 1.54) is 20.7 Å². The fourth-order valence-corrected chi connectivity index (χ4v) is 5.27. The van der Waals surface area contributed by atoms with E-state index in [0.29, 0.717) is 5.65 Å². The first-order valence-electron chi connectivity index (χ1n) is 11.4. The second-order valence-electron chi connectivity index (χ2n) is 8.42. The summed E-state index contributed by atoms with van der Waals surface area (Å²) in [4.78, 5) is 15.2. The Hall–Kier alpha value is -3.81. The molecule has 0 aliphatic rings. The van der Waals surface area contributed by atoms with Gasteiger partial charge in [0, 0.05) is 67.9 Å². The lowest BCUT2D eigenvalue weighted by Crippen LogP contribution is -2.11. The lowest BCUT2D eigenvalue weighted by atomic mass is 10.1. The minimum absolute atomic E-state index is 0.697. The molecule has 0 radical (unpaired) electrons. The quantitative estimate of drug-likeness (QED) is 0.270. The number of hydrogen-bond acceptors (Lipinski definition) is 5. The van der Waals surface area contributed by atoms with Gasteiger partial charge in [-0.2, -0.15) is 5.10 Å². The van der Waals surface area contributed by atoms with E-state index >= 15 is 0 Å². The highest BCUT2D eigenvalue weighted by atomic mass is 32.1.